The zero-order valence-electron chi connectivity index (χ0n) is 11.2. The van der Waals surface area contributed by atoms with Crippen molar-refractivity contribution in [2.24, 2.45) is 11.3 Å². The maximum atomic E-state index is 5.83. The number of hydrogen-bond acceptors (Lipinski definition) is 3. The average molecular weight is 239 g/mol. The molecule has 0 radical (unpaired) electrons. The lowest BCUT2D eigenvalue weighted by Crippen LogP contribution is -2.68. The molecule has 0 amide bonds. The van der Waals surface area contributed by atoms with Gasteiger partial charge in [-0.05, 0) is 26.2 Å². The van der Waals surface area contributed by atoms with Gasteiger partial charge in [-0.1, -0.05) is 13.8 Å². The van der Waals surface area contributed by atoms with Crippen LogP contribution in [0.5, 0.6) is 0 Å². The fourth-order valence-corrected chi connectivity index (χ4v) is 4.05. The van der Waals surface area contributed by atoms with Crippen LogP contribution in [0.3, 0.4) is 0 Å². The molecular formula is C14H25NO2. The van der Waals surface area contributed by atoms with Crippen LogP contribution in [-0.4, -0.2) is 37.5 Å². The molecule has 0 spiro atoms. The summed E-state index contributed by atoms with van der Waals surface area (Å²) in [5.74, 6) is 0.730. The quantitative estimate of drug-likeness (QED) is 0.816. The monoisotopic (exact) mass is 239 g/mol. The largest absolute Gasteiger partial charge is 0.377 e. The van der Waals surface area contributed by atoms with Gasteiger partial charge in [0.05, 0.1) is 12.2 Å². The first-order valence-corrected chi connectivity index (χ1v) is 7.10. The summed E-state index contributed by atoms with van der Waals surface area (Å²) >= 11 is 0. The first-order valence-electron chi connectivity index (χ1n) is 7.10. The first kappa shape index (κ1) is 11.9. The van der Waals surface area contributed by atoms with Gasteiger partial charge in [-0.25, -0.2) is 0 Å². The number of nitrogens with one attached hydrogen (secondary N) is 1. The predicted octanol–water partition coefficient (Wildman–Crippen LogP) is 1.96. The molecule has 5 unspecified atom stereocenters. The number of fused-ring (bicyclic) bond motifs is 1. The summed E-state index contributed by atoms with van der Waals surface area (Å²) in [5.41, 5.74) is 0.286. The second kappa shape index (κ2) is 4.22. The zero-order chi connectivity index (χ0) is 12.0. The molecule has 0 aromatic rings. The lowest BCUT2D eigenvalue weighted by Gasteiger charge is -2.56. The molecule has 2 heterocycles. The van der Waals surface area contributed by atoms with Crippen molar-refractivity contribution in [3.8, 4) is 0 Å². The van der Waals surface area contributed by atoms with Crippen LogP contribution < -0.4 is 5.32 Å². The van der Waals surface area contributed by atoms with Gasteiger partial charge in [0, 0.05) is 36.6 Å². The van der Waals surface area contributed by atoms with Crippen molar-refractivity contribution in [3.05, 3.63) is 0 Å². The van der Waals surface area contributed by atoms with Crippen LogP contribution in [-0.2, 0) is 9.47 Å². The van der Waals surface area contributed by atoms with Crippen molar-refractivity contribution in [2.75, 3.05) is 13.2 Å². The molecular weight excluding hydrogens is 214 g/mol. The number of rotatable bonds is 3. The van der Waals surface area contributed by atoms with E-state index in [4.69, 9.17) is 9.47 Å². The van der Waals surface area contributed by atoms with Crippen LogP contribution in [0.15, 0.2) is 0 Å². The van der Waals surface area contributed by atoms with Crippen molar-refractivity contribution in [1.82, 2.24) is 5.32 Å². The highest BCUT2D eigenvalue weighted by Crippen LogP contribution is 2.52. The molecule has 0 aromatic heterocycles. The van der Waals surface area contributed by atoms with E-state index in [0.717, 1.165) is 19.1 Å². The summed E-state index contributed by atoms with van der Waals surface area (Å²) in [5, 5.41) is 3.81. The summed E-state index contributed by atoms with van der Waals surface area (Å²) < 4.78 is 11.6. The zero-order valence-corrected chi connectivity index (χ0v) is 11.2. The van der Waals surface area contributed by atoms with Gasteiger partial charge in [0.25, 0.3) is 0 Å². The van der Waals surface area contributed by atoms with E-state index >= 15 is 0 Å². The molecule has 98 valence electrons. The molecule has 1 N–H and O–H groups in total. The molecule has 1 aliphatic carbocycles. The van der Waals surface area contributed by atoms with Crippen molar-refractivity contribution in [2.45, 2.75) is 64.3 Å². The maximum absolute atomic E-state index is 5.83. The Kier molecular flexibility index (Phi) is 2.96. The number of hydrogen-bond donors (Lipinski definition) is 1. The van der Waals surface area contributed by atoms with Crippen LogP contribution in [0.1, 0.15) is 40.0 Å². The standard InChI is InChI=1S/C14H25NO2/c1-9(11-5-4-7-16-11)15-12-10-6-8-17-13(10)14(12,2)3/h9-13,15H,4-8H2,1-3H3. The molecule has 3 aliphatic rings. The van der Waals surface area contributed by atoms with Crippen LogP contribution >= 0.6 is 0 Å². The predicted molar refractivity (Wildman–Crippen MR) is 67.0 cm³/mol. The van der Waals surface area contributed by atoms with Gasteiger partial charge in [-0.2, -0.15) is 0 Å². The molecule has 0 aromatic carbocycles. The highest BCUT2D eigenvalue weighted by atomic mass is 16.5. The second-order valence-corrected chi connectivity index (χ2v) is 6.55. The van der Waals surface area contributed by atoms with Gasteiger partial charge in [-0.3, -0.25) is 0 Å². The Morgan fingerprint density at radius 1 is 1.18 bits per heavy atom. The molecule has 1 saturated carbocycles. The summed E-state index contributed by atoms with van der Waals surface area (Å²) in [6.07, 6.45) is 4.57. The minimum absolute atomic E-state index is 0.286. The second-order valence-electron chi connectivity index (χ2n) is 6.55. The topological polar surface area (TPSA) is 30.5 Å². The smallest absolute Gasteiger partial charge is 0.0726 e. The van der Waals surface area contributed by atoms with Crippen LogP contribution in [0.2, 0.25) is 0 Å². The third-order valence-corrected chi connectivity index (χ3v) is 5.07. The van der Waals surface area contributed by atoms with Crippen molar-refractivity contribution >= 4 is 0 Å². The van der Waals surface area contributed by atoms with Gasteiger partial charge >= 0.3 is 0 Å². The summed E-state index contributed by atoms with van der Waals surface area (Å²) in [7, 11) is 0. The Labute approximate surface area is 104 Å². The third kappa shape index (κ3) is 1.83. The van der Waals surface area contributed by atoms with Crippen molar-refractivity contribution < 1.29 is 9.47 Å². The SMILES string of the molecule is CC(NC1C2CCOC2C1(C)C)C1CCCO1. The van der Waals surface area contributed by atoms with Crippen LogP contribution in [0, 0.1) is 11.3 Å². The summed E-state index contributed by atoms with van der Waals surface area (Å²) in [6, 6.07) is 1.08. The Balaban J connectivity index is 1.61. The Hall–Kier alpha value is -0.120. The highest BCUT2D eigenvalue weighted by molar-refractivity contribution is 5.12. The van der Waals surface area contributed by atoms with E-state index in [1.807, 2.05) is 0 Å². The van der Waals surface area contributed by atoms with Crippen LogP contribution in [0.4, 0.5) is 0 Å². The Bertz CT molecular complexity index is 286. The van der Waals surface area contributed by atoms with E-state index in [1.165, 1.54) is 19.3 Å². The van der Waals surface area contributed by atoms with E-state index in [2.05, 4.69) is 26.1 Å². The van der Waals surface area contributed by atoms with Crippen molar-refractivity contribution in [3.63, 3.8) is 0 Å². The Morgan fingerprint density at radius 2 is 2.00 bits per heavy atom. The van der Waals surface area contributed by atoms with Gasteiger partial charge in [-0.15, -0.1) is 0 Å². The fourth-order valence-electron chi connectivity index (χ4n) is 4.05. The molecule has 3 heteroatoms. The lowest BCUT2D eigenvalue weighted by molar-refractivity contribution is -0.118. The summed E-state index contributed by atoms with van der Waals surface area (Å²) in [6.45, 7) is 8.83. The molecule has 0 bridgehead atoms. The van der Waals surface area contributed by atoms with E-state index in [-0.39, 0.29) is 5.41 Å². The van der Waals surface area contributed by atoms with E-state index in [9.17, 15) is 0 Å². The molecule has 3 nitrogen and oxygen atoms in total. The molecule has 2 saturated heterocycles. The fraction of sp³-hybridized carbons (Fsp3) is 1.00. The maximum Gasteiger partial charge on any atom is 0.0726 e. The minimum atomic E-state index is 0.286. The third-order valence-electron chi connectivity index (χ3n) is 5.07. The van der Waals surface area contributed by atoms with Gasteiger partial charge in [0.15, 0.2) is 0 Å². The van der Waals surface area contributed by atoms with Gasteiger partial charge in [0.2, 0.25) is 0 Å². The Morgan fingerprint density at radius 3 is 2.71 bits per heavy atom. The summed E-state index contributed by atoms with van der Waals surface area (Å²) in [4.78, 5) is 0. The van der Waals surface area contributed by atoms with E-state index < -0.39 is 0 Å². The van der Waals surface area contributed by atoms with E-state index in [1.54, 1.807) is 0 Å². The molecule has 5 atom stereocenters. The highest BCUT2D eigenvalue weighted by Gasteiger charge is 2.59. The van der Waals surface area contributed by atoms with Gasteiger partial charge in [0.1, 0.15) is 0 Å². The molecule has 3 rings (SSSR count). The van der Waals surface area contributed by atoms with E-state index in [0.29, 0.717) is 24.3 Å². The molecule has 2 aliphatic heterocycles. The minimum Gasteiger partial charge on any atom is -0.377 e. The van der Waals surface area contributed by atoms with Crippen molar-refractivity contribution in [1.29, 1.82) is 0 Å². The molecule has 3 fully saturated rings. The first-order chi connectivity index (χ1) is 8.10. The van der Waals surface area contributed by atoms with Crippen LogP contribution in [0.25, 0.3) is 0 Å². The van der Waals surface area contributed by atoms with Gasteiger partial charge < -0.3 is 14.8 Å². The number of ether oxygens (including phenoxy) is 2. The lowest BCUT2D eigenvalue weighted by atomic mass is 9.57. The average Bonchev–Trinajstić information content (AvgIpc) is 2.95. The normalized spacial score (nSPS) is 45.4. The molecule has 17 heavy (non-hydrogen) atoms.